The third kappa shape index (κ3) is 3.28. The summed E-state index contributed by atoms with van der Waals surface area (Å²) in [6.45, 7) is 3.18. The van der Waals surface area contributed by atoms with E-state index in [2.05, 4.69) is 10.4 Å². The Morgan fingerprint density at radius 1 is 1.24 bits per heavy atom. The number of carbonyl (C=O) groups is 2. The molecule has 110 valence electrons. The van der Waals surface area contributed by atoms with Crippen LogP contribution in [0.15, 0.2) is 42.7 Å². The maximum atomic E-state index is 11.9. The lowest BCUT2D eigenvalue weighted by molar-refractivity contribution is -0.146. The van der Waals surface area contributed by atoms with Crippen LogP contribution in [0, 0.1) is 5.92 Å². The molecule has 2 rings (SSSR count). The summed E-state index contributed by atoms with van der Waals surface area (Å²) >= 11 is 0. The summed E-state index contributed by atoms with van der Waals surface area (Å²) in [6.07, 6.45) is 3.49. The lowest BCUT2D eigenvalue weighted by Gasteiger charge is -2.19. The highest BCUT2D eigenvalue weighted by Gasteiger charge is 2.23. The molecule has 0 aliphatic heterocycles. The minimum Gasteiger partial charge on any atom is -0.481 e. The molecule has 2 N–H and O–H groups in total. The minimum atomic E-state index is -1.14. The van der Waals surface area contributed by atoms with E-state index in [0.29, 0.717) is 0 Å². The average Bonchev–Trinajstić information content (AvgIpc) is 3.00. The number of amides is 1. The third-order valence-electron chi connectivity index (χ3n) is 3.28. The molecule has 0 saturated heterocycles. The lowest BCUT2D eigenvalue weighted by atomic mass is 10.0. The fraction of sp³-hybridized carbons (Fsp3) is 0.267. The zero-order valence-corrected chi connectivity index (χ0v) is 11.9. The third-order valence-corrected chi connectivity index (χ3v) is 3.28. The van der Waals surface area contributed by atoms with E-state index < -0.39 is 17.8 Å². The van der Waals surface area contributed by atoms with Gasteiger partial charge in [0.1, 0.15) is 5.92 Å². The SMILES string of the molecule is CC(C(=O)O)C(=O)NC(C)c1ccccc1-n1cccn1. The molecule has 6 nitrogen and oxygen atoms in total. The van der Waals surface area contributed by atoms with Crippen molar-refractivity contribution in [1.82, 2.24) is 15.1 Å². The number of aliphatic carboxylic acids is 1. The number of carboxylic acids is 1. The number of aromatic nitrogens is 2. The van der Waals surface area contributed by atoms with Crippen LogP contribution in [-0.4, -0.2) is 26.8 Å². The summed E-state index contributed by atoms with van der Waals surface area (Å²) in [5.74, 6) is -2.73. The normalized spacial score (nSPS) is 13.4. The first-order valence-electron chi connectivity index (χ1n) is 6.63. The van der Waals surface area contributed by atoms with Crippen molar-refractivity contribution in [2.75, 3.05) is 0 Å². The van der Waals surface area contributed by atoms with E-state index in [1.807, 2.05) is 43.5 Å². The van der Waals surface area contributed by atoms with Gasteiger partial charge in [-0.05, 0) is 31.5 Å². The highest BCUT2D eigenvalue weighted by molar-refractivity contribution is 5.96. The Balaban J connectivity index is 2.22. The van der Waals surface area contributed by atoms with Crippen LogP contribution in [0.1, 0.15) is 25.5 Å². The van der Waals surface area contributed by atoms with Gasteiger partial charge >= 0.3 is 5.97 Å². The highest BCUT2D eigenvalue weighted by atomic mass is 16.4. The number of para-hydroxylation sites is 1. The molecule has 0 bridgehead atoms. The summed E-state index contributed by atoms with van der Waals surface area (Å²) in [5, 5.41) is 15.8. The zero-order chi connectivity index (χ0) is 15.4. The Morgan fingerprint density at radius 2 is 1.95 bits per heavy atom. The van der Waals surface area contributed by atoms with Gasteiger partial charge < -0.3 is 10.4 Å². The Bertz CT molecular complexity index is 637. The smallest absolute Gasteiger partial charge is 0.315 e. The van der Waals surface area contributed by atoms with Gasteiger partial charge in [-0.3, -0.25) is 9.59 Å². The number of carboxylic acid groups (broad SMARTS) is 1. The van der Waals surface area contributed by atoms with Crippen molar-refractivity contribution in [3.8, 4) is 5.69 Å². The van der Waals surface area contributed by atoms with Crippen LogP contribution in [0.2, 0.25) is 0 Å². The first-order chi connectivity index (χ1) is 10.0. The van der Waals surface area contributed by atoms with E-state index >= 15 is 0 Å². The second kappa shape index (κ2) is 6.21. The number of hydrogen-bond acceptors (Lipinski definition) is 3. The largest absolute Gasteiger partial charge is 0.481 e. The van der Waals surface area contributed by atoms with Gasteiger partial charge in [0, 0.05) is 12.4 Å². The first kappa shape index (κ1) is 14.8. The Hall–Kier alpha value is -2.63. The van der Waals surface area contributed by atoms with E-state index in [1.54, 1.807) is 10.9 Å². The molecule has 1 aromatic heterocycles. The Morgan fingerprint density at radius 3 is 2.57 bits per heavy atom. The molecule has 0 aliphatic carbocycles. The molecule has 2 aromatic rings. The van der Waals surface area contributed by atoms with E-state index in [0.717, 1.165) is 11.3 Å². The zero-order valence-electron chi connectivity index (χ0n) is 11.9. The van der Waals surface area contributed by atoms with Crippen LogP contribution in [0.3, 0.4) is 0 Å². The molecular formula is C15H17N3O3. The van der Waals surface area contributed by atoms with Gasteiger partial charge in [0.15, 0.2) is 0 Å². The summed E-state index contributed by atoms with van der Waals surface area (Å²) < 4.78 is 1.71. The van der Waals surface area contributed by atoms with Crippen LogP contribution in [0.5, 0.6) is 0 Å². The van der Waals surface area contributed by atoms with Crippen LogP contribution in [-0.2, 0) is 9.59 Å². The van der Waals surface area contributed by atoms with E-state index in [9.17, 15) is 9.59 Å². The van der Waals surface area contributed by atoms with Crippen molar-refractivity contribution in [3.05, 3.63) is 48.3 Å². The summed E-state index contributed by atoms with van der Waals surface area (Å²) in [7, 11) is 0. The monoisotopic (exact) mass is 287 g/mol. The molecule has 0 radical (unpaired) electrons. The van der Waals surface area contributed by atoms with E-state index in [-0.39, 0.29) is 6.04 Å². The van der Waals surface area contributed by atoms with Gasteiger partial charge in [0.25, 0.3) is 0 Å². The Labute approximate surface area is 122 Å². The van der Waals surface area contributed by atoms with Crippen molar-refractivity contribution >= 4 is 11.9 Å². The topological polar surface area (TPSA) is 84.2 Å². The van der Waals surface area contributed by atoms with Crippen LogP contribution < -0.4 is 5.32 Å². The first-order valence-corrected chi connectivity index (χ1v) is 6.63. The molecule has 0 aliphatic rings. The highest BCUT2D eigenvalue weighted by Crippen LogP contribution is 2.21. The second-order valence-electron chi connectivity index (χ2n) is 4.80. The number of carbonyl (C=O) groups excluding carboxylic acids is 1. The van der Waals surface area contributed by atoms with Gasteiger partial charge in [-0.15, -0.1) is 0 Å². The van der Waals surface area contributed by atoms with Crippen molar-refractivity contribution in [2.24, 2.45) is 5.92 Å². The van der Waals surface area contributed by atoms with Crippen LogP contribution in [0.25, 0.3) is 5.69 Å². The van der Waals surface area contributed by atoms with Crippen molar-refractivity contribution in [3.63, 3.8) is 0 Å². The van der Waals surface area contributed by atoms with Crippen molar-refractivity contribution in [2.45, 2.75) is 19.9 Å². The van der Waals surface area contributed by atoms with Gasteiger partial charge in [0.2, 0.25) is 5.91 Å². The molecule has 0 spiro atoms. The molecule has 0 fully saturated rings. The minimum absolute atomic E-state index is 0.320. The van der Waals surface area contributed by atoms with Crippen LogP contribution >= 0.6 is 0 Å². The quantitative estimate of drug-likeness (QED) is 0.821. The molecule has 2 unspecified atom stereocenters. The summed E-state index contributed by atoms with van der Waals surface area (Å²) in [6, 6.07) is 9.02. The maximum absolute atomic E-state index is 11.9. The number of benzene rings is 1. The lowest BCUT2D eigenvalue weighted by Crippen LogP contribution is -2.35. The number of nitrogens with one attached hydrogen (secondary N) is 1. The van der Waals surface area contributed by atoms with Gasteiger partial charge in [0.05, 0.1) is 11.7 Å². The van der Waals surface area contributed by atoms with Crippen molar-refractivity contribution < 1.29 is 14.7 Å². The van der Waals surface area contributed by atoms with Gasteiger partial charge in [-0.1, -0.05) is 18.2 Å². The van der Waals surface area contributed by atoms with Gasteiger partial charge in [-0.25, -0.2) is 4.68 Å². The predicted molar refractivity (Wildman–Crippen MR) is 76.9 cm³/mol. The molecule has 2 atom stereocenters. The van der Waals surface area contributed by atoms with Crippen molar-refractivity contribution in [1.29, 1.82) is 0 Å². The standard InChI is InChI=1S/C15H17N3O3/c1-10(15(20)21)14(19)17-11(2)12-6-3-4-7-13(12)18-9-5-8-16-18/h3-11H,1-2H3,(H,17,19)(H,20,21). The fourth-order valence-electron chi connectivity index (χ4n) is 2.00. The molecule has 0 saturated carbocycles. The average molecular weight is 287 g/mol. The summed E-state index contributed by atoms with van der Waals surface area (Å²) in [5.41, 5.74) is 1.71. The fourth-order valence-corrected chi connectivity index (χ4v) is 2.00. The predicted octanol–water partition coefficient (Wildman–Crippen LogP) is 1.77. The molecule has 1 aromatic carbocycles. The van der Waals surface area contributed by atoms with Gasteiger partial charge in [-0.2, -0.15) is 5.10 Å². The maximum Gasteiger partial charge on any atom is 0.315 e. The molecule has 21 heavy (non-hydrogen) atoms. The summed E-state index contributed by atoms with van der Waals surface area (Å²) in [4.78, 5) is 22.7. The number of hydrogen-bond donors (Lipinski definition) is 2. The second-order valence-corrected chi connectivity index (χ2v) is 4.80. The molecule has 6 heteroatoms. The molecule has 1 heterocycles. The van der Waals surface area contributed by atoms with E-state index in [1.165, 1.54) is 6.92 Å². The molecular weight excluding hydrogens is 270 g/mol. The van der Waals surface area contributed by atoms with Crippen LogP contribution in [0.4, 0.5) is 0 Å². The molecule has 1 amide bonds. The van der Waals surface area contributed by atoms with E-state index in [4.69, 9.17) is 5.11 Å². The number of rotatable bonds is 5. The Kier molecular flexibility index (Phi) is 4.37. The number of nitrogens with zero attached hydrogens (tertiary/aromatic N) is 2.